The van der Waals surface area contributed by atoms with Crippen molar-refractivity contribution in [3.63, 3.8) is 0 Å². The van der Waals surface area contributed by atoms with Crippen LogP contribution in [0.15, 0.2) is 59.0 Å². The molecule has 16 nitrogen and oxygen atoms in total. The Hall–Kier alpha value is -5.02. The third-order valence-corrected chi connectivity index (χ3v) is 15.8. The number of benzene rings is 2. The number of β-amino-alcohol motifs (C(OH)–C–C–N with tert-alkyl or cyclic N) is 1. The predicted octanol–water partition coefficient (Wildman–Crippen LogP) is 5.70. The van der Waals surface area contributed by atoms with E-state index in [1.807, 2.05) is 87.7 Å². The molecule has 2 aliphatic rings. The van der Waals surface area contributed by atoms with Gasteiger partial charge in [0.2, 0.25) is 23.6 Å². The summed E-state index contributed by atoms with van der Waals surface area (Å²) in [6, 6.07) is 12.8. The maximum Gasteiger partial charge on any atom is 0.246 e. The molecule has 4 N–H and O–H groups in total. The van der Waals surface area contributed by atoms with Crippen molar-refractivity contribution in [3.05, 3.63) is 104 Å². The number of hydrogen-bond donors (Lipinski definition) is 4. The van der Waals surface area contributed by atoms with E-state index in [1.165, 1.54) is 4.90 Å². The Morgan fingerprint density at radius 3 is 2.40 bits per heavy atom. The summed E-state index contributed by atoms with van der Waals surface area (Å²) < 4.78 is 20.5. The highest BCUT2D eigenvalue weighted by Crippen LogP contribution is 2.40. The number of halogens is 1. The minimum absolute atomic E-state index is 0.00711. The second kappa shape index (κ2) is 22.2. The first kappa shape index (κ1) is 50.8. The van der Waals surface area contributed by atoms with Gasteiger partial charge in [0.1, 0.15) is 47.1 Å². The Balaban J connectivity index is 0.847. The molecule has 0 saturated carbocycles. The van der Waals surface area contributed by atoms with Gasteiger partial charge in [0, 0.05) is 47.0 Å². The molecule has 5 atom stereocenters. The Bertz CT molecular complexity index is 2640. The number of amides is 4. The summed E-state index contributed by atoms with van der Waals surface area (Å²) >= 11 is 8.15. The van der Waals surface area contributed by atoms with Gasteiger partial charge in [0.05, 0.1) is 47.5 Å². The fourth-order valence-corrected chi connectivity index (χ4v) is 11.4. The summed E-state index contributed by atoms with van der Waals surface area (Å²) in [6.07, 6.45) is -0.415. The highest BCUT2D eigenvalue weighted by atomic mass is 35.5. The summed E-state index contributed by atoms with van der Waals surface area (Å²) in [5, 5.41) is 29.6. The molecule has 0 bridgehead atoms. The molecule has 4 amide bonds. The van der Waals surface area contributed by atoms with Crippen molar-refractivity contribution < 1.29 is 33.6 Å². The van der Waals surface area contributed by atoms with Gasteiger partial charge < -0.3 is 35.2 Å². The highest BCUT2D eigenvalue weighted by Gasteiger charge is 2.44. The molecule has 7 rings (SSSR count). The minimum Gasteiger partial charge on any atom is -0.616 e. The molecule has 0 spiro atoms. The number of fused-ring (bicyclic) bond motifs is 3. The lowest BCUT2D eigenvalue weighted by atomic mass is 9.85. The Labute approximate surface area is 412 Å². The van der Waals surface area contributed by atoms with Gasteiger partial charge in [-0.2, -0.15) is 0 Å². The smallest absolute Gasteiger partial charge is 0.246 e. The molecule has 5 heterocycles. The van der Waals surface area contributed by atoms with Gasteiger partial charge in [-0.05, 0) is 61.9 Å². The van der Waals surface area contributed by atoms with Crippen molar-refractivity contribution in [1.82, 2.24) is 40.6 Å². The van der Waals surface area contributed by atoms with Crippen LogP contribution < -0.4 is 16.0 Å². The molecular formula is C48H58ClN9O7S3. The zero-order valence-electron chi connectivity index (χ0n) is 39.3. The maximum atomic E-state index is 14.0. The number of aryl methyl sites for hydroxylation is 3. The van der Waals surface area contributed by atoms with Gasteiger partial charge in [-0.3, -0.25) is 28.7 Å². The van der Waals surface area contributed by atoms with E-state index in [0.717, 1.165) is 54.0 Å². The number of hydrogen-bond acceptors (Lipinski definition) is 13. The van der Waals surface area contributed by atoms with Crippen molar-refractivity contribution in [2.45, 2.75) is 98.5 Å². The average molecular weight is 1000 g/mol. The number of carbonyl (C=O) groups excluding carboxylic acids is 4. The number of carbonyl (C=O) groups is 4. The number of aliphatic hydroxyl groups is 1. The first-order valence-corrected chi connectivity index (χ1v) is 26.1. The summed E-state index contributed by atoms with van der Waals surface area (Å²) in [5.41, 5.74) is 7.62. The molecule has 2 aliphatic heterocycles. The number of aliphatic hydroxyl groups excluding tert-OH is 1. The van der Waals surface area contributed by atoms with Crippen LogP contribution in [0.5, 0.6) is 0 Å². The normalized spacial score (nSPS) is 17.7. The van der Waals surface area contributed by atoms with Gasteiger partial charge >= 0.3 is 0 Å². The van der Waals surface area contributed by atoms with Crippen LogP contribution >= 0.6 is 34.3 Å². The largest absolute Gasteiger partial charge is 0.616 e. The molecule has 68 heavy (non-hydrogen) atoms. The van der Waals surface area contributed by atoms with Crippen molar-refractivity contribution in [3.8, 4) is 15.4 Å². The van der Waals surface area contributed by atoms with Crippen LogP contribution in [-0.2, 0) is 41.6 Å². The van der Waals surface area contributed by atoms with Crippen LogP contribution in [0.25, 0.3) is 15.4 Å². The number of likely N-dealkylation sites (tertiary alicyclic amines) is 1. The number of nitrogens with one attached hydrogen (secondary N) is 3. The first-order valence-electron chi connectivity index (χ1n) is 22.5. The monoisotopic (exact) mass is 1000 g/mol. The third kappa shape index (κ3) is 12.0. The van der Waals surface area contributed by atoms with Crippen LogP contribution in [0.4, 0.5) is 0 Å². The molecule has 3 aromatic heterocycles. The third-order valence-electron chi connectivity index (χ3n) is 12.0. The van der Waals surface area contributed by atoms with Crippen molar-refractivity contribution in [2.75, 3.05) is 37.8 Å². The van der Waals surface area contributed by atoms with Crippen LogP contribution in [-0.4, -0.2) is 120 Å². The maximum absolute atomic E-state index is 14.0. The van der Waals surface area contributed by atoms with E-state index >= 15 is 0 Å². The highest BCUT2D eigenvalue weighted by molar-refractivity contribution is 7.91. The van der Waals surface area contributed by atoms with E-state index in [4.69, 9.17) is 21.3 Å². The van der Waals surface area contributed by atoms with Crippen LogP contribution in [0.3, 0.4) is 0 Å². The summed E-state index contributed by atoms with van der Waals surface area (Å²) in [7, 11) is 0. The fraction of sp³-hybridized carbons (Fsp3) is 0.458. The van der Waals surface area contributed by atoms with Gasteiger partial charge in [0.15, 0.2) is 5.82 Å². The lowest BCUT2D eigenvalue weighted by molar-refractivity contribution is -0.144. The van der Waals surface area contributed by atoms with Crippen LogP contribution in [0.2, 0.25) is 5.02 Å². The summed E-state index contributed by atoms with van der Waals surface area (Å²) in [5.74, 6) is 0.125. The Kier molecular flexibility index (Phi) is 16.6. The van der Waals surface area contributed by atoms with Gasteiger partial charge in [-0.25, -0.2) is 4.98 Å². The Morgan fingerprint density at radius 1 is 0.985 bits per heavy atom. The van der Waals surface area contributed by atoms with Crippen LogP contribution in [0.1, 0.15) is 90.5 Å². The molecule has 2 unspecified atom stereocenters. The first-order chi connectivity index (χ1) is 32.4. The number of rotatable bonds is 18. The molecule has 0 aliphatic carbocycles. The number of aliphatic imine (C=N–C) groups is 1. The van der Waals surface area contributed by atoms with E-state index in [0.29, 0.717) is 28.8 Å². The molecule has 362 valence electrons. The predicted molar refractivity (Wildman–Crippen MR) is 266 cm³/mol. The Morgan fingerprint density at radius 2 is 1.71 bits per heavy atom. The standard InChI is InChI=1S/C48H58ClN9O7S3/c1-27-29(3)67-47-40(27)41(32-13-15-34(49)16-14-32)53-36(44-56-55-30(4)58(44)47)22-38(60)50-17-20-68(64)19-8-18-65-25-39(61)54-43(48(5,6)7)46(63)57-24-35(59)21-37(57)45(62)51-23-31-9-11-33(12-10-31)42-28(2)52-26-66-42/h9-16,26,35-37,43,59H,8,17-25H2,1-7H3,(H,50,60)(H,51,62)(H,54,61)/t35-,36+,37+,43?,68?/m1/s1. The second-order valence-corrected chi connectivity index (χ2v) is 22.3. The molecular weight excluding hydrogens is 946 g/mol. The number of thiazole rings is 1. The molecule has 1 fully saturated rings. The van der Waals surface area contributed by atoms with E-state index in [1.54, 1.807) is 28.2 Å². The van der Waals surface area contributed by atoms with Crippen molar-refractivity contribution >= 4 is 74.8 Å². The van der Waals surface area contributed by atoms with Gasteiger partial charge in [-0.15, -0.1) is 32.9 Å². The van der Waals surface area contributed by atoms with E-state index in [9.17, 15) is 28.8 Å². The zero-order chi connectivity index (χ0) is 48.9. The number of aromatic nitrogens is 4. The fourth-order valence-electron chi connectivity index (χ4n) is 8.26. The quantitative estimate of drug-likeness (QED) is 0.0620. The molecule has 0 radical (unpaired) electrons. The zero-order valence-corrected chi connectivity index (χ0v) is 42.5. The lowest BCUT2D eigenvalue weighted by Gasteiger charge is -2.35. The second-order valence-electron chi connectivity index (χ2n) is 18.2. The molecule has 20 heteroatoms. The van der Waals surface area contributed by atoms with Crippen molar-refractivity contribution in [1.29, 1.82) is 0 Å². The summed E-state index contributed by atoms with van der Waals surface area (Å²) in [4.78, 5) is 67.0. The van der Waals surface area contributed by atoms with E-state index in [-0.39, 0.29) is 57.3 Å². The van der Waals surface area contributed by atoms with E-state index < -0.39 is 58.5 Å². The number of thiophene rings is 1. The number of nitrogens with zero attached hydrogens (tertiary/aromatic N) is 6. The minimum atomic E-state index is -1.28. The topological polar surface area (TPSA) is 216 Å². The van der Waals surface area contributed by atoms with Gasteiger partial charge in [0.25, 0.3) is 0 Å². The van der Waals surface area contributed by atoms with Crippen LogP contribution in [0, 0.1) is 33.1 Å². The lowest BCUT2D eigenvalue weighted by Crippen LogP contribution is -2.58. The number of ether oxygens (including phenoxy) is 1. The molecule has 2 aromatic carbocycles. The SMILES string of the molecule is Cc1ncsc1-c1ccc(CNC(=O)[C@@H]2C[C@@H](O)CN2C(=O)C(NC(=O)COCCC[S+]([O-])CCNC(=O)C[C@@H]2N=C(c3ccc(Cl)cc3)c3c(sc(C)c3C)-n3c(C)nnc32)C(C)(C)C)cc1. The summed E-state index contributed by atoms with van der Waals surface area (Å²) in [6.45, 7) is 13.6. The molecule has 5 aromatic rings. The van der Waals surface area contributed by atoms with Crippen molar-refractivity contribution in [2.24, 2.45) is 10.4 Å². The average Bonchev–Trinajstić information content (AvgIpc) is 4.06. The molecule has 1 saturated heterocycles. The van der Waals surface area contributed by atoms with E-state index in [2.05, 4.69) is 45.0 Å². The van der Waals surface area contributed by atoms with Gasteiger partial charge in [-0.1, -0.05) is 79.9 Å².